The van der Waals surface area contributed by atoms with Crippen LogP contribution in [0.5, 0.6) is 0 Å². The lowest BCUT2D eigenvalue weighted by atomic mass is 10.1. The van der Waals surface area contributed by atoms with Crippen LogP contribution in [-0.2, 0) is 9.53 Å². The molecule has 2 rings (SSSR count). The second-order valence-corrected chi connectivity index (χ2v) is 4.69. The number of ether oxygens (including phenoxy) is 1. The Kier molecular flexibility index (Phi) is 4.74. The largest absolute Gasteiger partial charge is 0.463 e. The molecule has 0 amide bonds. The molecule has 0 aliphatic carbocycles. The average Bonchev–Trinajstić information content (AvgIpc) is 2.44. The number of esters is 1. The summed E-state index contributed by atoms with van der Waals surface area (Å²) in [6.45, 7) is 2.20. The number of benzene rings is 2. The first-order chi connectivity index (χ1) is 9.24. The Hall–Kier alpha value is -1.61. The fourth-order valence-electron chi connectivity index (χ4n) is 1.87. The zero-order chi connectivity index (χ0) is 13.7. The van der Waals surface area contributed by atoms with E-state index in [0.29, 0.717) is 17.5 Å². The van der Waals surface area contributed by atoms with Crippen LogP contribution in [0.4, 0.5) is 0 Å². The molecule has 98 valence electrons. The lowest BCUT2D eigenvalue weighted by Gasteiger charge is -2.04. The van der Waals surface area contributed by atoms with Crippen molar-refractivity contribution in [2.45, 2.75) is 6.92 Å². The molecule has 0 fully saturated rings. The zero-order valence-electron chi connectivity index (χ0n) is 10.7. The van der Waals surface area contributed by atoms with Crippen molar-refractivity contribution in [3.05, 3.63) is 53.6 Å². The maximum atomic E-state index is 11.7. The quantitative estimate of drug-likeness (QED) is 0.480. The van der Waals surface area contributed by atoms with E-state index < -0.39 is 0 Å². The van der Waals surface area contributed by atoms with E-state index >= 15 is 0 Å². The molecular formula is C16H15BrO2. The van der Waals surface area contributed by atoms with Gasteiger partial charge in [-0.2, -0.15) is 0 Å². The topological polar surface area (TPSA) is 26.3 Å². The summed E-state index contributed by atoms with van der Waals surface area (Å²) < 4.78 is 5.02. The number of rotatable bonds is 4. The summed E-state index contributed by atoms with van der Waals surface area (Å²) in [4.78, 5) is 11.7. The van der Waals surface area contributed by atoms with Gasteiger partial charge in [0.1, 0.15) is 0 Å². The van der Waals surface area contributed by atoms with Gasteiger partial charge in [0.2, 0.25) is 0 Å². The maximum absolute atomic E-state index is 11.7. The number of alkyl halides is 1. The number of carbonyl (C=O) groups excluding carboxylic acids is 1. The summed E-state index contributed by atoms with van der Waals surface area (Å²) in [5, 5.41) is 2.84. The summed E-state index contributed by atoms with van der Waals surface area (Å²) in [5.41, 5.74) is 1.62. The van der Waals surface area contributed by atoms with E-state index in [1.54, 1.807) is 6.92 Å². The van der Waals surface area contributed by atoms with Crippen molar-refractivity contribution >= 4 is 38.7 Å². The third-order valence-corrected chi connectivity index (χ3v) is 3.40. The van der Waals surface area contributed by atoms with Gasteiger partial charge in [0.05, 0.1) is 6.61 Å². The van der Waals surface area contributed by atoms with Crippen LogP contribution < -0.4 is 0 Å². The highest BCUT2D eigenvalue weighted by Crippen LogP contribution is 2.18. The van der Waals surface area contributed by atoms with Crippen LogP contribution in [0.1, 0.15) is 12.5 Å². The van der Waals surface area contributed by atoms with Crippen LogP contribution in [0.25, 0.3) is 16.8 Å². The average molecular weight is 319 g/mol. The van der Waals surface area contributed by atoms with E-state index in [1.807, 2.05) is 24.3 Å². The van der Waals surface area contributed by atoms with Crippen LogP contribution in [0.2, 0.25) is 0 Å². The van der Waals surface area contributed by atoms with Crippen molar-refractivity contribution in [2.24, 2.45) is 0 Å². The van der Waals surface area contributed by atoms with E-state index in [9.17, 15) is 4.79 Å². The maximum Gasteiger partial charge on any atom is 0.334 e. The van der Waals surface area contributed by atoms with Crippen LogP contribution >= 0.6 is 15.9 Å². The second kappa shape index (κ2) is 6.53. The van der Waals surface area contributed by atoms with E-state index in [0.717, 1.165) is 10.9 Å². The minimum absolute atomic E-state index is 0.271. The number of hydrogen-bond donors (Lipinski definition) is 0. The molecule has 0 aliphatic rings. The van der Waals surface area contributed by atoms with E-state index in [1.165, 1.54) is 5.39 Å². The van der Waals surface area contributed by atoms with Gasteiger partial charge in [-0.05, 0) is 35.4 Å². The fourth-order valence-corrected chi connectivity index (χ4v) is 2.27. The first-order valence-corrected chi connectivity index (χ1v) is 7.29. The van der Waals surface area contributed by atoms with E-state index in [2.05, 4.69) is 40.2 Å². The Morgan fingerprint density at radius 1 is 1.21 bits per heavy atom. The van der Waals surface area contributed by atoms with Crippen molar-refractivity contribution in [1.82, 2.24) is 0 Å². The smallest absolute Gasteiger partial charge is 0.334 e. The normalized spacial score (nSPS) is 11.6. The molecule has 0 spiro atoms. The van der Waals surface area contributed by atoms with Crippen molar-refractivity contribution in [2.75, 3.05) is 11.9 Å². The molecule has 0 saturated carbocycles. The molecule has 2 nitrogen and oxygen atoms in total. The predicted molar refractivity (Wildman–Crippen MR) is 82.4 cm³/mol. The monoisotopic (exact) mass is 318 g/mol. The summed E-state index contributed by atoms with van der Waals surface area (Å²) in [6.07, 6.45) is 1.86. The molecule has 2 aromatic rings. The van der Waals surface area contributed by atoms with Crippen LogP contribution in [0.3, 0.4) is 0 Å². The molecule has 0 aliphatic heterocycles. The first kappa shape index (κ1) is 13.8. The molecule has 0 radical (unpaired) electrons. The fraction of sp³-hybridized carbons (Fsp3) is 0.188. The summed E-state index contributed by atoms with van der Waals surface area (Å²) >= 11 is 3.32. The summed E-state index contributed by atoms with van der Waals surface area (Å²) in [7, 11) is 0. The Balaban J connectivity index is 2.35. The van der Waals surface area contributed by atoms with Crippen molar-refractivity contribution in [3.8, 4) is 0 Å². The molecule has 2 aromatic carbocycles. The van der Waals surface area contributed by atoms with Gasteiger partial charge in [-0.1, -0.05) is 52.3 Å². The van der Waals surface area contributed by atoms with Gasteiger partial charge in [-0.3, -0.25) is 0 Å². The number of halogens is 1. The second-order valence-electron chi connectivity index (χ2n) is 4.13. The Morgan fingerprint density at radius 2 is 1.95 bits per heavy atom. The number of carbonyl (C=O) groups is 1. The summed E-state index contributed by atoms with van der Waals surface area (Å²) in [5.74, 6) is -0.271. The van der Waals surface area contributed by atoms with Gasteiger partial charge < -0.3 is 4.74 Å². The molecule has 0 saturated heterocycles. The molecule has 0 aromatic heterocycles. The highest BCUT2D eigenvalue weighted by Gasteiger charge is 2.08. The summed E-state index contributed by atoms with van der Waals surface area (Å²) in [6, 6.07) is 14.3. The Bertz CT molecular complexity index is 617. The number of fused-ring (bicyclic) bond motifs is 1. The van der Waals surface area contributed by atoms with Crippen molar-refractivity contribution in [3.63, 3.8) is 0 Å². The third-order valence-electron chi connectivity index (χ3n) is 2.80. The lowest BCUT2D eigenvalue weighted by molar-refractivity contribution is -0.138. The van der Waals surface area contributed by atoms with Gasteiger partial charge in [-0.15, -0.1) is 0 Å². The standard InChI is InChI=1S/C16H15BrO2/c1-2-19-16(18)15(11-17)10-12-7-8-13-5-3-4-6-14(13)9-12/h3-10H,2,11H2,1H3/b15-10+. The minimum atomic E-state index is -0.271. The van der Waals surface area contributed by atoms with Crippen molar-refractivity contribution < 1.29 is 9.53 Å². The van der Waals surface area contributed by atoms with Crippen molar-refractivity contribution in [1.29, 1.82) is 0 Å². The molecule has 0 heterocycles. The zero-order valence-corrected chi connectivity index (χ0v) is 12.3. The van der Waals surface area contributed by atoms with Crippen LogP contribution in [0, 0.1) is 0 Å². The van der Waals surface area contributed by atoms with Crippen LogP contribution in [-0.4, -0.2) is 17.9 Å². The Morgan fingerprint density at radius 3 is 2.63 bits per heavy atom. The van der Waals surface area contributed by atoms with Gasteiger partial charge in [0, 0.05) is 10.9 Å². The van der Waals surface area contributed by atoms with E-state index in [4.69, 9.17) is 4.74 Å². The van der Waals surface area contributed by atoms with Gasteiger partial charge in [-0.25, -0.2) is 4.79 Å². The molecule has 0 N–H and O–H groups in total. The van der Waals surface area contributed by atoms with Gasteiger partial charge in [0.25, 0.3) is 0 Å². The highest BCUT2D eigenvalue weighted by atomic mass is 79.9. The highest BCUT2D eigenvalue weighted by molar-refractivity contribution is 9.09. The van der Waals surface area contributed by atoms with E-state index in [-0.39, 0.29) is 5.97 Å². The lowest BCUT2D eigenvalue weighted by Crippen LogP contribution is -2.08. The molecule has 0 atom stereocenters. The molecule has 0 bridgehead atoms. The first-order valence-electron chi connectivity index (χ1n) is 6.17. The third kappa shape index (κ3) is 3.44. The molecular weight excluding hydrogens is 304 g/mol. The van der Waals surface area contributed by atoms with Crippen LogP contribution in [0.15, 0.2) is 48.0 Å². The molecule has 3 heteroatoms. The van der Waals surface area contributed by atoms with Gasteiger partial charge in [0.15, 0.2) is 0 Å². The molecule has 0 unspecified atom stereocenters. The SMILES string of the molecule is CCOC(=O)/C(=C/c1ccc2ccccc2c1)CBr. The Labute approximate surface area is 121 Å². The molecule has 19 heavy (non-hydrogen) atoms. The minimum Gasteiger partial charge on any atom is -0.463 e. The number of hydrogen-bond acceptors (Lipinski definition) is 2. The predicted octanol–water partition coefficient (Wildman–Crippen LogP) is 4.18. The van der Waals surface area contributed by atoms with Gasteiger partial charge >= 0.3 is 5.97 Å².